The lowest BCUT2D eigenvalue weighted by Crippen LogP contribution is -2.21. The number of fused-ring (bicyclic) bond motifs is 2. The van der Waals surface area contributed by atoms with Crippen LogP contribution in [0.2, 0.25) is 0 Å². The molecule has 0 aromatic heterocycles. The maximum absolute atomic E-state index is 9.70. The Hall–Kier alpha value is -3.53. The van der Waals surface area contributed by atoms with Gasteiger partial charge in [-0.15, -0.1) is 0 Å². The second kappa shape index (κ2) is 6.65. The maximum atomic E-state index is 9.70. The molecule has 0 aliphatic carbocycles. The first kappa shape index (κ1) is 16.9. The smallest absolute Gasteiger partial charge is 0.231 e. The Morgan fingerprint density at radius 1 is 1.15 bits per heavy atom. The standard InChI is InChI=1S/C20H18N2O5/c1-3-24-14-5-4-11(6-16(14)23-2)19-12-7-17-18(26-10-25-17)8-15(12)27-20(22)13(19)9-21/h4-8,19H,3,10,22H2,1-2H3. The molecule has 1 unspecified atom stereocenters. The SMILES string of the molecule is CCOc1ccc(C2C(C#N)=C(N)Oc3cc4c(cc32)OCO4)cc1OC. The number of nitrogens with zero attached hydrogens (tertiary/aromatic N) is 1. The van der Waals surface area contributed by atoms with Crippen LogP contribution in [0.4, 0.5) is 0 Å². The summed E-state index contributed by atoms with van der Waals surface area (Å²) >= 11 is 0. The van der Waals surface area contributed by atoms with Crippen LogP contribution >= 0.6 is 0 Å². The molecular formula is C20H18N2O5. The van der Waals surface area contributed by atoms with Gasteiger partial charge in [0.15, 0.2) is 23.0 Å². The van der Waals surface area contributed by atoms with E-state index in [-0.39, 0.29) is 12.7 Å². The third kappa shape index (κ3) is 2.75. The molecule has 0 saturated heterocycles. The zero-order chi connectivity index (χ0) is 19.0. The summed E-state index contributed by atoms with van der Waals surface area (Å²) in [7, 11) is 1.58. The molecule has 2 aliphatic heterocycles. The first-order chi connectivity index (χ1) is 13.2. The molecule has 0 amide bonds. The molecule has 2 heterocycles. The predicted octanol–water partition coefficient (Wildman–Crippen LogP) is 3.04. The first-order valence-corrected chi connectivity index (χ1v) is 8.48. The molecule has 1 atom stereocenters. The van der Waals surface area contributed by atoms with E-state index in [0.29, 0.717) is 40.9 Å². The fourth-order valence-electron chi connectivity index (χ4n) is 3.33. The van der Waals surface area contributed by atoms with Gasteiger partial charge in [-0.3, -0.25) is 0 Å². The largest absolute Gasteiger partial charge is 0.493 e. The van der Waals surface area contributed by atoms with E-state index in [9.17, 15) is 5.26 Å². The van der Waals surface area contributed by atoms with Gasteiger partial charge in [0.1, 0.15) is 17.4 Å². The van der Waals surface area contributed by atoms with Crippen molar-refractivity contribution in [2.45, 2.75) is 12.8 Å². The number of methoxy groups -OCH3 is 1. The Balaban J connectivity index is 1.87. The van der Waals surface area contributed by atoms with Gasteiger partial charge >= 0.3 is 0 Å². The highest BCUT2D eigenvalue weighted by Gasteiger charge is 2.33. The minimum Gasteiger partial charge on any atom is -0.493 e. The third-order valence-electron chi connectivity index (χ3n) is 4.53. The highest BCUT2D eigenvalue weighted by atomic mass is 16.7. The lowest BCUT2D eigenvalue weighted by atomic mass is 9.83. The van der Waals surface area contributed by atoms with Crippen LogP contribution in [0.15, 0.2) is 41.8 Å². The van der Waals surface area contributed by atoms with Crippen LogP contribution in [0.5, 0.6) is 28.7 Å². The van der Waals surface area contributed by atoms with Gasteiger partial charge in [0.2, 0.25) is 12.7 Å². The van der Waals surface area contributed by atoms with E-state index in [0.717, 1.165) is 11.1 Å². The van der Waals surface area contributed by atoms with E-state index in [4.69, 9.17) is 29.4 Å². The van der Waals surface area contributed by atoms with Crippen LogP contribution in [-0.2, 0) is 0 Å². The van der Waals surface area contributed by atoms with E-state index in [1.165, 1.54) is 0 Å². The molecule has 2 aliphatic rings. The molecule has 7 nitrogen and oxygen atoms in total. The van der Waals surface area contributed by atoms with Gasteiger partial charge in [0, 0.05) is 11.6 Å². The second-order valence-electron chi connectivity index (χ2n) is 6.01. The van der Waals surface area contributed by atoms with Gasteiger partial charge in [0.05, 0.1) is 19.6 Å². The number of allylic oxidation sites excluding steroid dienone is 1. The molecule has 0 bridgehead atoms. The van der Waals surface area contributed by atoms with Crippen LogP contribution in [0.3, 0.4) is 0 Å². The van der Waals surface area contributed by atoms with Crippen LogP contribution < -0.4 is 29.4 Å². The van der Waals surface area contributed by atoms with Gasteiger partial charge in [-0.2, -0.15) is 5.26 Å². The molecule has 2 aromatic rings. The summed E-state index contributed by atoms with van der Waals surface area (Å²) in [5.74, 6) is 2.60. The highest BCUT2D eigenvalue weighted by molar-refractivity contribution is 5.62. The minimum absolute atomic E-state index is 0.0710. The van der Waals surface area contributed by atoms with E-state index in [1.54, 1.807) is 13.2 Å². The van der Waals surface area contributed by atoms with Crippen LogP contribution in [0.25, 0.3) is 0 Å². The molecule has 2 N–H and O–H groups in total. The van der Waals surface area contributed by atoms with Crippen LogP contribution in [0, 0.1) is 11.3 Å². The molecule has 0 saturated carbocycles. The van der Waals surface area contributed by atoms with Crippen molar-refractivity contribution < 1.29 is 23.7 Å². The summed E-state index contributed by atoms with van der Waals surface area (Å²) in [6, 6.07) is 11.3. The van der Waals surface area contributed by atoms with Crippen molar-refractivity contribution in [2.24, 2.45) is 5.73 Å². The number of rotatable bonds is 4. The van der Waals surface area contributed by atoms with Gasteiger partial charge in [-0.05, 0) is 30.7 Å². The minimum atomic E-state index is -0.419. The van der Waals surface area contributed by atoms with Crippen molar-refractivity contribution in [1.82, 2.24) is 0 Å². The van der Waals surface area contributed by atoms with E-state index >= 15 is 0 Å². The Morgan fingerprint density at radius 3 is 2.63 bits per heavy atom. The summed E-state index contributed by atoms with van der Waals surface area (Å²) < 4.78 is 27.6. The van der Waals surface area contributed by atoms with Crippen LogP contribution in [0.1, 0.15) is 24.0 Å². The van der Waals surface area contributed by atoms with E-state index < -0.39 is 5.92 Å². The molecule has 0 fully saturated rings. The van der Waals surface area contributed by atoms with Gasteiger partial charge in [0.25, 0.3) is 0 Å². The topological polar surface area (TPSA) is 96.0 Å². The Labute approximate surface area is 156 Å². The number of nitrogens with two attached hydrogens (primary N) is 1. The summed E-state index contributed by atoms with van der Waals surface area (Å²) in [6.45, 7) is 2.57. The van der Waals surface area contributed by atoms with Crippen molar-refractivity contribution >= 4 is 0 Å². The predicted molar refractivity (Wildman–Crippen MR) is 96.0 cm³/mol. The molecule has 7 heteroatoms. The zero-order valence-electron chi connectivity index (χ0n) is 14.9. The molecule has 2 aromatic carbocycles. The number of nitriles is 1. The number of hydrogen-bond donors (Lipinski definition) is 1. The van der Waals surface area contributed by atoms with E-state index in [1.807, 2.05) is 31.2 Å². The lowest BCUT2D eigenvalue weighted by molar-refractivity contribution is 0.174. The number of hydrogen-bond acceptors (Lipinski definition) is 7. The monoisotopic (exact) mass is 366 g/mol. The zero-order valence-corrected chi connectivity index (χ0v) is 14.9. The second-order valence-corrected chi connectivity index (χ2v) is 6.01. The Bertz CT molecular complexity index is 977. The Morgan fingerprint density at radius 2 is 1.93 bits per heavy atom. The highest BCUT2D eigenvalue weighted by Crippen LogP contribution is 2.48. The molecule has 0 spiro atoms. The van der Waals surface area contributed by atoms with Gasteiger partial charge in [-0.25, -0.2) is 0 Å². The lowest BCUT2D eigenvalue weighted by Gasteiger charge is -2.27. The van der Waals surface area contributed by atoms with Crippen molar-refractivity contribution in [3.63, 3.8) is 0 Å². The van der Waals surface area contributed by atoms with Crippen molar-refractivity contribution in [2.75, 3.05) is 20.5 Å². The van der Waals surface area contributed by atoms with Gasteiger partial charge in [-0.1, -0.05) is 6.07 Å². The van der Waals surface area contributed by atoms with E-state index in [2.05, 4.69) is 6.07 Å². The molecule has 138 valence electrons. The quantitative estimate of drug-likeness (QED) is 0.888. The van der Waals surface area contributed by atoms with Gasteiger partial charge < -0.3 is 29.4 Å². The normalized spacial score (nSPS) is 17.0. The van der Waals surface area contributed by atoms with Crippen molar-refractivity contribution in [3.05, 3.63) is 52.9 Å². The summed E-state index contributed by atoms with van der Waals surface area (Å²) in [6.07, 6.45) is 0. The average molecular weight is 366 g/mol. The fourth-order valence-corrected chi connectivity index (χ4v) is 3.33. The first-order valence-electron chi connectivity index (χ1n) is 8.48. The third-order valence-corrected chi connectivity index (χ3v) is 4.53. The molecule has 27 heavy (non-hydrogen) atoms. The van der Waals surface area contributed by atoms with Crippen LogP contribution in [-0.4, -0.2) is 20.5 Å². The molecule has 4 rings (SSSR count). The number of ether oxygens (including phenoxy) is 5. The summed E-state index contributed by atoms with van der Waals surface area (Å²) in [5.41, 5.74) is 7.96. The molecule has 0 radical (unpaired) electrons. The fraction of sp³-hybridized carbons (Fsp3) is 0.250. The molecular weight excluding hydrogens is 348 g/mol. The average Bonchev–Trinajstić information content (AvgIpc) is 3.13. The summed E-state index contributed by atoms with van der Waals surface area (Å²) in [5, 5.41) is 9.70. The van der Waals surface area contributed by atoms with Crippen molar-refractivity contribution in [3.8, 4) is 34.8 Å². The Kier molecular flexibility index (Phi) is 4.16. The van der Waals surface area contributed by atoms with Crippen molar-refractivity contribution in [1.29, 1.82) is 5.26 Å². The summed E-state index contributed by atoms with van der Waals surface area (Å²) in [4.78, 5) is 0. The number of benzene rings is 2. The maximum Gasteiger partial charge on any atom is 0.231 e.